The molecule has 1 N–H and O–H groups in total. The van der Waals surface area contributed by atoms with Gasteiger partial charge >= 0.3 is 0 Å². The summed E-state index contributed by atoms with van der Waals surface area (Å²) in [5, 5.41) is 2.85. The van der Waals surface area contributed by atoms with Crippen molar-refractivity contribution in [2.45, 2.75) is 58.5 Å². The second-order valence-corrected chi connectivity index (χ2v) is 6.10. The van der Waals surface area contributed by atoms with Crippen LogP contribution in [0.2, 0.25) is 0 Å². The molecule has 4 heteroatoms. The Bertz CT molecular complexity index is 337. The molecule has 2 aliphatic rings. The fourth-order valence-electron chi connectivity index (χ4n) is 2.67. The Morgan fingerprint density at radius 2 is 1.94 bits per heavy atom. The molecular formula is C14H24N2O2. The first kappa shape index (κ1) is 13.4. The van der Waals surface area contributed by atoms with E-state index in [-0.39, 0.29) is 29.8 Å². The highest BCUT2D eigenvalue weighted by molar-refractivity contribution is 5.90. The van der Waals surface area contributed by atoms with Crippen molar-refractivity contribution >= 4 is 11.8 Å². The largest absolute Gasteiger partial charge is 0.344 e. The first-order valence-corrected chi connectivity index (χ1v) is 7.09. The standard InChI is InChI=1S/C14H24N2O2/c1-9(2)13-14(18)16(7-6-12(17)15-13)10(3)8-11-4-5-11/h9-11,13H,4-8H2,1-3H3,(H,15,17). The summed E-state index contributed by atoms with van der Waals surface area (Å²) in [4.78, 5) is 26.1. The van der Waals surface area contributed by atoms with Gasteiger partial charge in [0.15, 0.2) is 0 Å². The summed E-state index contributed by atoms with van der Waals surface area (Å²) < 4.78 is 0. The van der Waals surface area contributed by atoms with Gasteiger partial charge in [-0.25, -0.2) is 0 Å². The van der Waals surface area contributed by atoms with E-state index in [2.05, 4.69) is 12.2 Å². The minimum atomic E-state index is -0.346. The van der Waals surface area contributed by atoms with Crippen LogP contribution in [0.4, 0.5) is 0 Å². The third kappa shape index (κ3) is 3.03. The molecule has 2 rings (SSSR count). The minimum absolute atomic E-state index is 0.00294. The third-order valence-electron chi connectivity index (χ3n) is 4.02. The van der Waals surface area contributed by atoms with Gasteiger partial charge in [0.05, 0.1) is 0 Å². The lowest BCUT2D eigenvalue weighted by Gasteiger charge is -2.31. The van der Waals surface area contributed by atoms with Crippen molar-refractivity contribution in [3.63, 3.8) is 0 Å². The Morgan fingerprint density at radius 3 is 2.50 bits per heavy atom. The summed E-state index contributed by atoms with van der Waals surface area (Å²) in [5.41, 5.74) is 0. The molecule has 2 unspecified atom stereocenters. The van der Waals surface area contributed by atoms with Crippen LogP contribution in [-0.4, -0.2) is 35.3 Å². The van der Waals surface area contributed by atoms with Crippen LogP contribution in [-0.2, 0) is 9.59 Å². The third-order valence-corrected chi connectivity index (χ3v) is 4.02. The van der Waals surface area contributed by atoms with Crippen molar-refractivity contribution < 1.29 is 9.59 Å². The maximum atomic E-state index is 12.5. The van der Waals surface area contributed by atoms with E-state index < -0.39 is 0 Å². The maximum Gasteiger partial charge on any atom is 0.245 e. The smallest absolute Gasteiger partial charge is 0.245 e. The average Bonchev–Trinajstić information content (AvgIpc) is 3.08. The molecule has 1 saturated carbocycles. The molecular weight excluding hydrogens is 228 g/mol. The number of nitrogens with one attached hydrogen (secondary N) is 1. The fourth-order valence-corrected chi connectivity index (χ4v) is 2.67. The summed E-state index contributed by atoms with van der Waals surface area (Å²) in [6, 6.07) is -0.0828. The van der Waals surface area contributed by atoms with Crippen LogP contribution in [0.3, 0.4) is 0 Å². The van der Waals surface area contributed by atoms with Crippen LogP contribution in [0.5, 0.6) is 0 Å². The molecule has 102 valence electrons. The van der Waals surface area contributed by atoms with Gasteiger partial charge in [-0.3, -0.25) is 9.59 Å². The van der Waals surface area contributed by atoms with E-state index >= 15 is 0 Å². The zero-order chi connectivity index (χ0) is 13.3. The van der Waals surface area contributed by atoms with Crippen molar-refractivity contribution in [2.24, 2.45) is 11.8 Å². The number of carbonyl (C=O) groups is 2. The summed E-state index contributed by atoms with van der Waals surface area (Å²) in [7, 11) is 0. The van der Waals surface area contributed by atoms with E-state index in [1.54, 1.807) is 0 Å². The van der Waals surface area contributed by atoms with Gasteiger partial charge in [0.25, 0.3) is 0 Å². The molecule has 2 amide bonds. The zero-order valence-electron chi connectivity index (χ0n) is 11.6. The molecule has 1 aliphatic heterocycles. The summed E-state index contributed by atoms with van der Waals surface area (Å²) >= 11 is 0. The number of carbonyl (C=O) groups excluding carboxylic acids is 2. The van der Waals surface area contributed by atoms with Crippen molar-refractivity contribution in [1.29, 1.82) is 0 Å². The number of amides is 2. The van der Waals surface area contributed by atoms with Gasteiger partial charge in [-0.05, 0) is 25.2 Å². The lowest BCUT2D eigenvalue weighted by molar-refractivity contribution is -0.136. The van der Waals surface area contributed by atoms with Crippen molar-refractivity contribution in [2.75, 3.05) is 6.54 Å². The van der Waals surface area contributed by atoms with E-state index in [9.17, 15) is 9.59 Å². The maximum absolute atomic E-state index is 12.5. The second-order valence-electron chi connectivity index (χ2n) is 6.10. The SMILES string of the molecule is CC(C)C1NC(=O)CCN(C(C)CC2CC2)C1=O. The van der Waals surface area contributed by atoms with Crippen LogP contribution < -0.4 is 5.32 Å². The molecule has 1 heterocycles. The molecule has 0 radical (unpaired) electrons. The molecule has 0 aromatic rings. The van der Waals surface area contributed by atoms with Gasteiger partial charge in [-0.1, -0.05) is 26.7 Å². The Hall–Kier alpha value is -1.06. The van der Waals surface area contributed by atoms with E-state index in [1.165, 1.54) is 12.8 Å². The molecule has 0 aromatic heterocycles. The van der Waals surface area contributed by atoms with E-state index in [1.807, 2.05) is 18.7 Å². The number of hydrogen-bond donors (Lipinski definition) is 1. The van der Waals surface area contributed by atoms with E-state index in [0.29, 0.717) is 13.0 Å². The van der Waals surface area contributed by atoms with Gasteiger partial charge in [-0.15, -0.1) is 0 Å². The molecule has 18 heavy (non-hydrogen) atoms. The molecule has 0 aromatic carbocycles. The average molecular weight is 252 g/mol. The van der Waals surface area contributed by atoms with Gasteiger partial charge in [0.1, 0.15) is 6.04 Å². The highest BCUT2D eigenvalue weighted by Gasteiger charge is 2.35. The van der Waals surface area contributed by atoms with Crippen molar-refractivity contribution in [3.8, 4) is 0 Å². The first-order chi connectivity index (χ1) is 8.49. The number of hydrogen-bond acceptors (Lipinski definition) is 2. The molecule has 1 aliphatic carbocycles. The van der Waals surface area contributed by atoms with Crippen molar-refractivity contribution in [3.05, 3.63) is 0 Å². The Kier molecular flexibility index (Phi) is 3.93. The Balaban J connectivity index is 2.06. The molecule has 0 bridgehead atoms. The van der Waals surface area contributed by atoms with E-state index in [4.69, 9.17) is 0 Å². The van der Waals surface area contributed by atoms with Gasteiger partial charge in [0, 0.05) is 19.0 Å². The topological polar surface area (TPSA) is 49.4 Å². The summed E-state index contributed by atoms with van der Waals surface area (Å²) in [6.07, 6.45) is 4.13. The zero-order valence-corrected chi connectivity index (χ0v) is 11.6. The van der Waals surface area contributed by atoms with Gasteiger partial charge in [0.2, 0.25) is 11.8 Å². The van der Waals surface area contributed by atoms with Crippen LogP contribution in [0.1, 0.15) is 46.5 Å². The van der Waals surface area contributed by atoms with Crippen LogP contribution >= 0.6 is 0 Å². The van der Waals surface area contributed by atoms with Gasteiger partial charge < -0.3 is 10.2 Å². The highest BCUT2D eigenvalue weighted by atomic mass is 16.2. The predicted octanol–water partition coefficient (Wildman–Crippen LogP) is 1.55. The highest BCUT2D eigenvalue weighted by Crippen LogP contribution is 2.35. The van der Waals surface area contributed by atoms with Crippen LogP contribution in [0.15, 0.2) is 0 Å². The molecule has 1 saturated heterocycles. The first-order valence-electron chi connectivity index (χ1n) is 7.09. The Labute approximate surface area is 109 Å². The Morgan fingerprint density at radius 1 is 1.28 bits per heavy atom. The lowest BCUT2D eigenvalue weighted by atomic mass is 10.0. The van der Waals surface area contributed by atoms with Gasteiger partial charge in [-0.2, -0.15) is 0 Å². The normalized spacial score (nSPS) is 27.1. The molecule has 4 nitrogen and oxygen atoms in total. The van der Waals surface area contributed by atoms with Crippen molar-refractivity contribution in [1.82, 2.24) is 10.2 Å². The number of rotatable bonds is 4. The molecule has 2 fully saturated rings. The monoisotopic (exact) mass is 252 g/mol. The number of nitrogens with zero attached hydrogens (tertiary/aromatic N) is 1. The molecule has 0 spiro atoms. The second kappa shape index (κ2) is 5.29. The predicted molar refractivity (Wildman–Crippen MR) is 69.9 cm³/mol. The van der Waals surface area contributed by atoms with Crippen LogP contribution in [0.25, 0.3) is 0 Å². The fraction of sp³-hybridized carbons (Fsp3) is 0.857. The van der Waals surface area contributed by atoms with Crippen LogP contribution in [0, 0.1) is 11.8 Å². The summed E-state index contributed by atoms with van der Waals surface area (Å²) in [6.45, 7) is 6.65. The lowest BCUT2D eigenvalue weighted by Crippen LogP contribution is -2.50. The summed E-state index contributed by atoms with van der Waals surface area (Å²) in [5.74, 6) is 1.06. The minimum Gasteiger partial charge on any atom is -0.344 e. The van der Waals surface area contributed by atoms with E-state index in [0.717, 1.165) is 12.3 Å². The quantitative estimate of drug-likeness (QED) is 0.825. The molecule has 2 atom stereocenters.